The molecule has 0 spiro atoms. The summed E-state index contributed by atoms with van der Waals surface area (Å²) in [4.78, 5) is 19.3. The van der Waals surface area contributed by atoms with E-state index in [2.05, 4.69) is 14.7 Å². The van der Waals surface area contributed by atoms with Crippen molar-refractivity contribution in [1.29, 1.82) is 0 Å². The molecule has 0 saturated carbocycles. The molecule has 0 aliphatic heterocycles. The van der Waals surface area contributed by atoms with Gasteiger partial charge >= 0.3 is 13.6 Å². The monoisotopic (exact) mass is 302 g/mol. The Kier molecular flexibility index (Phi) is 5.80. The molecule has 0 fully saturated rings. The molecule has 1 aromatic heterocycles. The number of esters is 1. The van der Waals surface area contributed by atoms with Crippen LogP contribution < -0.4 is 5.44 Å². The molecule has 0 atom stereocenters. The lowest BCUT2D eigenvalue weighted by atomic mass is 10.5. The molecule has 1 aromatic rings. The molecular formula is C12H19N2O5P. The molecule has 0 N–H and O–H groups in total. The summed E-state index contributed by atoms with van der Waals surface area (Å²) >= 11 is 0. The van der Waals surface area contributed by atoms with Crippen LogP contribution in [0.15, 0.2) is 12.4 Å². The summed E-state index contributed by atoms with van der Waals surface area (Å²) in [6.45, 7) is 6.92. The summed E-state index contributed by atoms with van der Waals surface area (Å²) in [5.41, 5.74) is -0.0623. The normalized spacial score (nSPS) is 11.9. The van der Waals surface area contributed by atoms with Gasteiger partial charge in [0.25, 0.3) is 0 Å². The highest BCUT2D eigenvalue weighted by Gasteiger charge is 2.33. The molecule has 0 amide bonds. The average Bonchev–Trinajstić information content (AvgIpc) is 2.36. The third-order valence-corrected chi connectivity index (χ3v) is 4.17. The van der Waals surface area contributed by atoms with Gasteiger partial charge in [0.1, 0.15) is 0 Å². The lowest BCUT2D eigenvalue weighted by Gasteiger charge is -2.21. The van der Waals surface area contributed by atoms with Crippen molar-refractivity contribution in [3.63, 3.8) is 0 Å². The third-order valence-electron chi connectivity index (χ3n) is 2.00. The molecule has 0 aliphatic carbocycles. The molecule has 1 heterocycles. The molecule has 1 rings (SSSR count). The molecule has 112 valence electrons. The first-order chi connectivity index (χ1) is 9.28. The van der Waals surface area contributed by atoms with Gasteiger partial charge in [-0.1, -0.05) is 0 Å². The number of carbonyl (C=O) groups is 1. The Hall–Kier alpha value is -1.30. The van der Waals surface area contributed by atoms with E-state index in [1.807, 2.05) is 0 Å². The SMILES string of the molecule is COC(=O)c1cncc(P(=O)(OC(C)C)OC(C)C)n1. The first-order valence-electron chi connectivity index (χ1n) is 6.16. The van der Waals surface area contributed by atoms with Crippen LogP contribution in [-0.4, -0.2) is 35.3 Å². The van der Waals surface area contributed by atoms with Crippen LogP contribution in [0.1, 0.15) is 38.2 Å². The van der Waals surface area contributed by atoms with Crippen molar-refractivity contribution in [2.75, 3.05) is 7.11 Å². The van der Waals surface area contributed by atoms with E-state index in [0.29, 0.717) is 0 Å². The molecule has 0 aliphatic rings. The van der Waals surface area contributed by atoms with E-state index < -0.39 is 13.6 Å². The van der Waals surface area contributed by atoms with E-state index in [1.165, 1.54) is 19.5 Å². The fraction of sp³-hybridized carbons (Fsp3) is 0.583. The maximum atomic E-state index is 12.8. The highest BCUT2D eigenvalue weighted by Crippen LogP contribution is 2.48. The Balaban J connectivity index is 3.20. The number of rotatable bonds is 6. The van der Waals surface area contributed by atoms with Crippen LogP contribution in [0.25, 0.3) is 0 Å². The van der Waals surface area contributed by atoms with Crippen molar-refractivity contribution >= 4 is 19.0 Å². The van der Waals surface area contributed by atoms with Crippen LogP contribution in [0.4, 0.5) is 0 Å². The van der Waals surface area contributed by atoms with E-state index in [0.717, 1.165) is 0 Å². The number of nitrogens with zero attached hydrogens (tertiary/aromatic N) is 2. The maximum Gasteiger partial charge on any atom is 0.381 e. The van der Waals surface area contributed by atoms with Crippen LogP contribution in [0.2, 0.25) is 0 Å². The number of hydrogen-bond donors (Lipinski definition) is 0. The highest BCUT2D eigenvalue weighted by atomic mass is 31.2. The molecule has 0 saturated heterocycles. The Labute approximate surface area is 118 Å². The van der Waals surface area contributed by atoms with Gasteiger partial charge in [0, 0.05) is 0 Å². The summed E-state index contributed by atoms with van der Waals surface area (Å²) in [5.74, 6) is -0.667. The first-order valence-corrected chi connectivity index (χ1v) is 7.70. The minimum atomic E-state index is -3.64. The second kappa shape index (κ2) is 6.92. The van der Waals surface area contributed by atoms with Crippen molar-refractivity contribution in [3.8, 4) is 0 Å². The zero-order chi connectivity index (χ0) is 15.3. The second-order valence-corrected chi connectivity index (χ2v) is 6.43. The average molecular weight is 302 g/mol. The Bertz CT molecular complexity index is 504. The van der Waals surface area contributed by atoms with Gasteiger partial charge in [0.2, 0.25) is 0 Å². The molecule has 0 bridgehead atoms. The van der Waals surface area contributed by atoms with Gasteiger partial charge in [-0.25, -0.2) is 9.78 Å². The topological polar surface area (TPSA) is 87.6 Å². The van der Waals surface area contributed by atoms with Crippen LogP contribution in [-0.2, 0) is 18.3 Å². The molecule has 8 heteroatoms. The van der Waals surface area contributed by atoms with Gasteiger partial charge in [0.15, 0.2) is 11.1 Å². The van der Waals surface area contributed by atoms with Gasteiger partial charge in [-0.3, -0.25) is 9.55 Å². The van der Waals surface area contributed by atoms with Crippen molar-refractivity contribution in [2.45, 2.75) is 39.9 Å². The molecule has 0 aromatic carbocycles. The number of ether oxygens (including phenoxy) is 1. The minimum Gasteiger partial charge on any atom is -0.464 e. The van der Waals surface area contributed by atoms with Crippen molar-refractivity contribution in [3.05, 3.63) is 18.1 Å². The van der Waals surface area contributed by atoms with Crippen LogP contribution in [0, 0.1) is 0 Å². The Morgan fingerprint density at radius 3 is 2.15 bits per heavy atom. The van der Waals surface area contributed by atoms with Crippen molar-refractivity contribution in [2.24, 2.45) is 0 Å². The molecule has 0 radical (unpaired) electrons. The summed E-state index contributed by atoms with van der Waals surface area (Å²) in [6.07, 6.45) is 1.83. The van der Waals surface area contributed by atoms with E-state index >= 15 is 0 Å². The highest BCUT2D eigenvalue weighted by molar-refractivity contribution is 7.61. The fourth-order valence-electron chi connectivity index (χ4n) is 1.38. The van der Waals surface area contributed by atoms with E-state index in [9.17, 15) is 9.36 Å². The number of methoxy groups -OCH3 is 1. The summed E-state index contributed by atoms with van der Waals surface area (Å²) in [6, 6.07) is 0. The lowest BCUT2D eigenvalue weighted by Crippen LogP contribution is -2.22. The van der Waals surface area contributed by atoms with Crippen molar-refractivity contribution < 1.29 is 23.1 Å². The zero-order valence-electron chi connectivity index (χ0n) is 12.2. The summed E-state index contributed by atoms with van der Waals surface area (Å²) < 4.78 is 28.1. The predicted molar refractivity (Wildman–Crippen MR) is 73.1 cm³/mol. The van der Waals surface area contributed by atoms with Gasteiger partial charge in [-0.05, 0) is 27.7 Å². The first kappa shape index (κ1) is 16.8. The van der Waals surface area contributed by atoms with Crippen molar-refractivity contribution in [1.82, 2.24) is 9.97 Å². The zero-order valence-corrected chi connectivity index (χ0v) is 13.1. The molecule has 7 nitrogen and oxygen atoms in total. The van der Waals surface area contributed by atoms with E-state index in [1.54, 1.807) is 27.7 Å². The van der Waals surface area contributed by atoms with E-state index in [4.69, 9.17) is 9.05 Å². The third kappa shape index (κ3) is 4.37. The Morgan fingerprint density at radius 2 is 1.70 bits per heavy atom. The number of carbonyl (C=O) groups excluding carboxylic acids is 1. The summed E-state index contributed by atoms with van der Waals surface area (Å²) in [7, 11) is -2.41. The number of hydrogen-bond acceptors (Lipinski definition) is 7. The molecule has 20 heavy (non-hydrogen) atoms. The van der Waals surface area contributed by atoms with Gasteiger partial charge in [-0.15, -0.1) is 0 Å². The largest absolute Gasteiger partial charge is 0.464 e. The van der Waals surface area contributed by atoms with Crippen LogP contribution in [0.3, 0.4) is 0 Å². The quantitative estimate of drug-likeness (QED) is 0.586. The van der Waals surface area contributed by atoms with Gasteiger partial charge in [-0.2, -0.15) is 0 Å². The minimum absolute atomic E-state index is 0.0113. The maximum absolute atomic E-state index is 12.8. The fourth-order valence-corrected chi connectivity index (χ4v) is 3.19. The standard InChI is InChI=1S/C12H19N2O5P/c1-8(2)18-20(16,19-9(3)4)11-7-13-6-10(14-11)12(15)17-5/h6-9H,1-5H3. The van der Waals surface area contributed by atoms with Crippen LogP contribution in [0.5, 0.6) is 0 Å². The lowest BCUT2D eigenvalue weighted by molar-refractivity contribution is 0.0594. The number of aromatic nitrogens is 2. The second-order valence-electron chi connectivity index (χ2n) is 4.56. The van der Waals surface area contributed by atoms with Gasteiger partial charge in [0.05, 0.1) is 31.7 Å². The smallest absolute Gasteiger partial charge is 0.381 e. The molecule has 0 unspecified atom stereocenters. The summed E-state index contributed by atoms with van der Waals surface area (Å²) in [5, 5.41) is 0. The Morgan fingerprint density at radius 1 is 1.15 bits per heavy atom. The predicted octanol–water partition coefficient (Wildman–Crippen LogP) is 1.93. The molecular weight excluding hydrogens is 283 g/mol. The van der Waals surface area contributed by atoms with E-state index in [-0.39, 0.29) is 23.3 Å². The van der Waals surface area contributed by atoms with Crippen LogP contribution >= 0.6 is 7.60 Å². The van der Waals surface area contributed by atoms with Gasteiger partial charge < -0.3 is 13.8 Å².